The van der Waals surface area contributed by atoms with E-state index in [-0.39, 0.29) is 11.5 Å². The molecule has 0 spiro atoms. The van der Waals surface area contributed by atoms with Crippen LogP contribution in [-0.2, 0) is 6.54 Å². The average Bonchev–Trinajstić information content (AvgIpc) is 2.76. The number of fused-ring (bicyclic) bond motifs is 1. The number of hydrogen-bond donors (Lipinski definition) is 2. The minimum absolute atomic E-state index is 0.162. The Labute approximate surface area is 98.9 Å². The number of imidazole rings is 1. The summed E-state index contributed by atoms with van der Waals surface area (Å²) in [7, 11) is 0. The van der Waals surface area contributed by atoms with E-state index in [2.05, 4.69) is 21.9 Å². The van der Waals surface area contributed by atoms with Crippen molar-refractivity contribution in [2.24, 2.45) is 0 Å². The smallest absolute Gasteiger partial charge is 0.283 e. The largest absolute Gasteiger partial charge is 0.369 e. The fourth-order valence-corrected chi connectivity index (χ4v) is 1.85. The Morgan fingerprint density at radius 3 is 3.00 bits per heavy atom. The zero-order valence-electron chi connectivity index (χ0n) is 9.94. The molecule has 0 fully saturated rings. The number of aromatic nitrogens is 4. The molecule has 17 heavy (non-hydrogen) atoms. The van der Waals surface area contributed by atoms with Gasteiger partial charge in [0.05, 0.1) is 6.33 Å². The molecule has 2 rings (SSSR count). The van der Waals surface area contributed by atoms with Gasteiger partial charge in [0, 0.05) is 6.54 Å². The monoisotopic (exact) mass is 235 g/mol. The van der Waals surface area contributed by atoms with Gasteiger partial charge in [0.25, 0.3) is 5.56 Å². The number of aromatic amines is 1. The van der Waals surface area contributed by atoms with Crippen LogP contribution >= 0.6 is 0 Å². The van der Waals surface area contributed by atoms with Crippen LogP contribution in [0.15, 0.2) is 11.1 Å². The normalized spacial score (nSPS) is 11.1. The topological polar surface area (TPSA) is 89.6 Å². The average molecular weight is 235 g/mol. The van der Waals surface area contributed by atoms with Gasteiger partial charge in [0.2, 0.25) is 5.95 Å². The molecule has 0 atom stereocenters. The fraction of sp³-hybridized carbons (Fsp3) is 0.545. The molecule has 0 saturated heterocycles. The number of nitrogens with one attached hydrogen (secondary N) is 1. The Hall–Kier alpha value is -1.85. The molecule has 0 radical (unpaired) electrons. The number of anilines is 1. The molecule has 0 saturated carbocycles. The maximum absolute atomic E-state index is 12.0. The first-order chi connectivity index (χ1) is 8.24. The first kappa shape index (κ1) is 11.6. The molecule has 0 aliphatic rings. The molecule has 0 unspecified atom stereocenters. The standard InChI is InChI=1S/C11H17N5O/c1-2-3-4-5-6-16-10(17)8-9(14-7-13-8)15-11(16)12/h7H,2-6H2,1H3,(H2,12,15)(H,13,14). The summed E-state index contributed by atoms with van der Waals surface area (Å²) in [5.41, 5.74) is 6.42. The molecule has 2 aromatic rings. The van der Waals surface area contributed by atoms with Gasteiger partial charge in [-0.1, -0.05) is 26.2 Å². The van der Waals surface area contributed by atoms with E-state index in [0.29, 0.717) is 17.7 Å². The van der Waals surface area contributed by atoms with E-state index in [4.69, 9.17) is 5.73 Å². The number of unbranched alkanes of at least 4 members (excludes halogenated alkanes) is 3. The van der Waals surface area contributed by atoms with Gasteiger partial charge in [-0.25, -0.2) is 4.98 Å². The third-order valence-electron chi connectivity index (χ3n) is 2.81. The number of nitrogen functional groups attached to an aromatic ring is 1. The second-order valence-electron chi connectivity index (χ2n) is 4.09. The van der Waals surface area contributed by atoms with E-state index < -0.39 is 0 Å². The molecule has 0 amide bonds. The second kappa shape index (κ2) is 4.99. The van der Waals surface area contributed by atoms with Crippen molar-refractivity contribution in [3.63, 3.8) is 0 Å². The van der Waals surface area contributed by atoms with Crippen LogP contribution in [-0.4, -0.2) is 19.5 Å². The van der Waals surface area contributed by atoms with Crippen LogP contribution in [0.25, 0.3) is 11.2 Å². The maximum atomic E-state index is 12.0. The van der Waals surface area contributed by atoms with Crippen molar-refractivity contribution >= 4 is 17.1 Å². The summed E-state index contributed by atoms with van der Waals surface area (Å²) in [5, 5.41) is 0. The van der Waals surface area contributed by atoms with Crippen molar-refractivity contribution in [3.05, 3.63) is 16.7 Å². The van der Waals surface area contributed by atoms with Gasteiger partial charge in [0.1, 0.15) is 0 Å². The van der Waals surface area contributed by atoms with Crippen LogP contribution in [0.4, 0.5) is 5.95 Å². The van der Waals surface area contributed by atoms with Crippen molar-refractivity contribution in [3.8, 4) is 0 Å². The van der Waals surface area contributed by atoms with Crippen molar-refractivity contribution in [1.29, 1.82) is 0 Å². The van der Waals surface area contributed by atoms with E-state index >= 15 is 0 Å². The molecular weight excluding hydrogens is 218 g/mol. The van der Waals surface area contributed by atoms with Gasteiger partial charge in [-0.15, -0.1) is 0 Å². The lowest BCUT2D eigenvalue weighted by Crippen LogP contribution is -2.24. The Morgan fingerprint density at radius 1 is 1.41 bits per heavy atom. The molecule has 0 aromatic carbocycles. The summed E-state index contributed by atoms with van der Waals surface area (Å²) in [6, 6.07) is 0. The van der Waals surface area contributed by atoms with Crippen molar-refractivity contribution in [2.75, 3.05) is 5.73 Å². The molecule has 3 N–H and O–H groups in total. The zero-order chi connectivity index (χ0) is 12.3. The number of nitrogens with zero attached hydrogens (tertiary/aromatic N) is 3. The van der Waals surface area contributed by atoms with Crippen LogP contribution in [0.2, 0.25) is 0 Å². The zero-order valence-corrected chi connectivity index (χ0v) is 9.94. The molecule has 0 aliphatic heterocycles. The highest BCUT2D eigenvalue weighted by molar-refractivity contribution is 5.69. The Balaban J connectivity index is 2.24. The Bertz CT molecular complexity index is 556. The third-order valence-corrected chi connectivity index (χ3v) is 2.81. The second-order valence-corrected chi connectivity index (χ2v) is 4.09. The lowest BCUT2D eigenvalue weighted by molar-refractivity contribution is 0.573. The van der Waals surface area contributed by atoms with Crippen molar-refractivity contribution in [1.82, 2.24) is 19.5 Å². The van der Waals surface area contributed by atoms with E-state index in [1.54, 1.807) is 0 Å². The number of rotatable bonds is 5. The summed E-state index contributed by atoms with van der Waals surface area (Å²) in [6.45, 7) is 2.76. The molecule has 2 aromatic heterocycles. The number of hydrogen-bond acceptors (Lipinski definition) is 4. The molecule has 6 heteroatoms. The quantitative estimate of drug-likeness (QED) is 0.764. The lowest BCUT2D eigenvalue weighted by Gasteiger charge is -2.07. The fourth-order valence-electron chi connectivity index (χ4n) is 1.85. The molecule has 92 valence electrons. The summed E-state index contributed by atoms with van der Waals surface area (Å²) in [5.74, 6) is 0.253. The molecule has 6 nitrogen and oxygen atoms in total. The van der Waals surface area contributed by atoms with E-state index in [1.165, 1.54) is 23.7 Å². The van der Waals surface area contributed by atoms with Crippen LogP contribution in [0.1, 0.15) is 32.6 Å². The lowest BCUT2D eigenvalue weighted by atomic mass is 10.2. The summed E-state index contributed by atoms with van der Waals surface area (Å²) < 4.78 is 1.50. The Kier molecular flexibility index (Phi) is 3.41. The van der Waals surface area contributed by atoms with Crippen LogP contribution in [0.5, 0.6) is 0 Å². The molecular formula is C11H17N5O. The maximum Gasteiger partial charge on any atom is 0.283 e. The first-order valence-corrected chi connectivity index (χ1v) is 5.93. The van der Waals surface area contributed by atoms with Crippen LogP contribution in [0, 0.1) is 0 Å². The SMILES string of the molecule is CCCCCCn1c(N)nc2[nH]cnc2c1=O. The van der Waals surface area contributed by atoms with Gasteiger partial charge >= 0.3 is 0 Å². The highest BCUT2D eigenvalue weighted by atomic mass is 16.1. The van der Waals surface area contributed by atoms with Crippen molar-refractivity contribution in [2.45, 2.75) is 39.2 Å². The highest BCUT2D eigenvalue weighted by Crippen LogP contribution is 2.06. The summed E-state index contributed by atoms with van der Waals surface area (Å²) >= 11 is 0. The summed E-state index contributed by atoms with van der Waals surface area (Å²) in [4.78, 5) is 22.9. The van der Waals surface area contributed by atoms with Gasteiger partial charge < -0.3 is 10.7 Å². The van der Waals surface area contributed by atoms with Gasteiger partial charge in [0.15, 0.2) is 11.2 Å². The first-order valence-electron chi connectivity index (χ1n) is 5.93. The highest BCUT2D eigenvalue weighted by Gasteiger charge is 2.09. The van der Waals surface area contributed by atoms with E-state index in [9.17, 15) is 4.79 Å². The third kappa shape index (κ3) is 2.30. The number of nitrogens with two attached hydrogens (primary N) is 1. The molecule has 2 heterocycles. The van der Waals surface area contributed by atoms with Gasteiger partial charge in [-0.3, -0.25) is 9.36 Å². The minimum Gasteiger partial charge on any atom is -0.369 e. The van der Waals surface area contributed by atoms with E-state index in [0.717, 1.165) is 12.8 Å². The Morgan fingerprint density at radius 2 is 2.24 bits per heavy atom. The minimum atomic E-state index is -0.162. The molecule has 0 bridgehead atoms. The predicted molar refractivity (Wildman–Crippen MR) is 66.7 cm³/mol. The summed E-state index contributed by atoms with van der Waals surface area (Å²) in [6.07, 6.45) is 5.84. The van der Waals surface area contributed by atoms with Gasteiger partial charge in [-0.05, 0) is 6.42 Å². The number of H-pyrrole nitrogens is 1. The van der Waals surface area contributed by atoms with Crippen LogP contribution in [0.3, 0.4) is 0 Å². The predicted octanol–water partition coefficient (Wildman–Crippen LogP) is 1.28. The van der Waals surface area contributed by atoms with Gasteiger partial charge in [-0.2, -0.15) is 4.98 Å². The molecule has 0 aliphatic carbocycles. The van der Waals surface area contributed by atoms with Crippen molar-refractivity contribution < 1.29 is 0 Å². The van der Waals surface area contributed by atoms with E-state index in [1.807, 2.05) is 0 Å². The van der Waals surface area contributed by atoms with Crippen LogP contribution < -0.4 is 11.3 Å².